The molecule has 1 atom stereocenters. The summed E-state index contributed by atoms with van der Waals surface area (Å²) in [5.41, 5.74) is 9.68. The van der Waals surface area contributed by atoms with Crippen LogP contribution in [-0.4, -0.2) is 13.1 Å². The molecule has 0 spiro atoms. The Kier molecular flexibility index (Phi) is 5.50. The van der Waals surface area contributed by atoms with Crippen molar-refractivity contribution >= 4 is 0 Å². The third-order valence-corrected chi connectivity index (χ3v) is 3.04. The van der Waals surface area contributed by atoms with Gasteiger partial charge < -0.3 is 11.1 Å². The van der Waals surface area contributed by atoms with Crippen LogP contribution >= 0.6 is 0 Å². The molecule has 0 fully saturated rings. The average molecular weight is 220 g/mol. The van der Waals surface area contributed by atoms with E-state index in [9.17, 15) is 0 Å². The Morgan fingerprint density at radius 3 is 2.75 bits per heavy atom. The first-order chi connectivity index (χ1) is 7.63. The molecule has 0 aliphatic heterocycles. The fourth-order valence-corrected chi connectivity index (χ4v) is 1.68. The lowest BCUT2D eigenvalue weighted by Gasteiger charge is -2.11. The van der Waals surface area contributed by atoms with Crippen LogP contribution in [-0.2, 0) is 6.54 Å². The second kappa shape index (κ2) is 6.66. The molecule has 16 heavy (non-hydrogen) atoms. The van der Waals surface area contributed by atoms with Crippen LogP contribution in [0.2, 0.25) is 0 Å². The van der Waals surface area contributed by atoms with Gasteiger partial charge >= 0.3 is 0 Å². The molecule has 1 aromatic carbocycles. The van der Waals surface area contributed by atoms with Crippen molar-refractivity contribution in [3.05, 3.63) is 34.9 Å². The number of benzene rings is 1. The van der Waals surface area contributed by atoms with Gasteiger partial charge in [-0.1, -0.05) is 30.7 Å². The van der Waals surface area contributed by atoms with Crippen LogP contribution in [0, 0.1) is 19.8 Å². The van der Waals surface area contributed by atoms with Crippen molar-refractivity contribution in [2.24, 2.45) is 11.7 Å². The maximum atomic E-state index is 5.58. The van der Waals surface area contributed by atoms with Crippen molar-refractivity contribution in [3.63, 3.8) is 0 Å². The molecule has 2 nitrogen and oxygen atoms in total. The van der Waals surface area contributed by atoms with E-state index in [2.05, 4.69) is 44.3 Å². The van der Waals surface area contributed by atoms with Crippen molar-refractivity contribution in [1.82, 2.24) is 5.32 Å². The molecule has 0 bridgehead atoms. The Labute approximate surface area is 99.2 Å². The fourth-order valence-electron chi connectivity index (χ4n) is 1.68. The number of hydrogen-bond donors (Lipinski definition) is 2. The lowest BCUT2D eigenvalue weighted by atomic mass is 10.1. The zero-order valence-electron chi connectivity index (χ0n) is 10.7. The molecular weight excluding hydrogens is 196 g/mol. The molecular formula is C14H24N2. The number of aryl methyl sites for hydroxylation is 2. The number of rotatable bonds is 6. The molecule has 0 saturated carbocycles. The molecule has 2 heteroatoms. The van der Waals surface area contributed by atoms with Crippen molar-refractivity contribution in [2.75, 3.05) is 13.1 Å². The third kappa shape index (κ3) is 4.33. The van der Waals surface area contributed by atoms with Crippen LogP contribution in [0.1, 0.15) is 30.0 Å². The summed E-state index contributed by atoms with van der Waals surface area (Å²) in [5.74, 6) is 0.617. The standard InChI is InChI=1S/C14H24N2/c1-11-4-5-13(3)14(8-11)10-16-7-6-12(2)9-15/h4-5,8,12,16H,6-7,9-10,15H2,1-3H3. The van der Waals surface area contributed by atoms with Gasteiger partial charge in [-0.2, -0.15) is 0 Å². The molecule has 1 rings (SSSR count). The zero-order valence-corrected chi connectivity index (χ0v) is 10.7. The van der Waals surface area contributed by atoms with Crippen LogP contribution in [0.3, 0.4) is 0 Å². The van der Waals surface area contributed by atoms with Crippen molar-refractivity contribution in [1.29, 1.82) is 0 Å². The van der Waals surface area contributed by atoms with E-state index in [-0.39, 0.29) is 0 Å². The highest BCUT2D eigenvalue weighted by Crippen LogP contribution is 2.10. The quantitative estimate of drug-likeness (QED) is 0.722. The second-order valence-electron chi connectivity index (χ2n) is 4.74. The van der Waals surface area contributed by atoms with Crippen molar-refractivity contribution in [2.45, 2.75) is 33.7 Å². The first kappa shape index (κ1) is 13.2. The van der Waals surface area contributed by atoms with Crippen LogP contribution in [0.25, 0.3) is 0 Å². The first-order valence-corrected chi connectivity index (χ1v) is 6.10. The molecule has 0 heterocycles. The molecule has 0 amide bonds. The molecule has 3 N–H and O–H groups in total. The van der Waals surface area contributed by atoms with E-state index >= 15 is 0 Å². The summed E-state index contributed by atoms with van der Waals surface area (Å²) in [6, 6.07) is 6.61. The van der Waals surface area contributed by atoms with E-state index in [4.69, 9.17) is 5.73 Å². The minimum Gasteiger partial charge on any atom is -0.330 e. The summed E-state index contributed by atoms with van der Waals surface area (Å²) >= 11 is 0. The maximum Gasteiger partial charge on any atom is 0.0208 e. The lowest BCUT2D eigenvalue weighted by Crippen LogP contribution is -2.20. The smallest absolute Gasteiger partial charge is 0.0208 e. The minimum absolute atomic E-state index is 0.617. The molecule has 1 aromatic rings. The van der Waals surface area contributed by atoms with Crippen LogP contribution in [0.15, 0.2) is 18.2 Å². The van der Waals surface area contributed by atoms with Gasteiger partial charge in [-0.3, -0.25) is 0 Å². The van der Waals surface area contributed by atoms with Gasteiger partial charge in [-0.05, 0) is 50.4 Å². The minimum atomic E-state index is 0.617. The van der Waals surface area contributed by atoms with Gasteiger partial charge in [-0.15, -0.1) is 0 Å². The van der Waals surface area contributed by atoms with E-state index in [1.807, 2.05) is 0 Å². The summed E-state index contributed by atoms with van der Waals surface area (Å²) in [4.78, 5) is 0. The normalized spacial score (nSPS) is 12.8. The maximum absolute atomic E-state index is 5.58. The van der Waals surface area contributed by atoms with E-state index < -0.39 is 0 Å². The Bertz CT molecular complexity index is 321. The van der Waals surface area contributed by atoms with Gasteiger partial charge in [0.25, 0.3) is 0 Å². The second-order valence-corrected chi connectivity index (χ2v) is 4.74. The Hall–Kier alpha value is -0.860. The van der Waals surface area contributed by atoms with E-state index in [0.29, 0.717) is 5.92 Å². The molecule has 1 unspecified atom stereocenters. The number of nitrogens with two attached hydrogens (primary N) is 1. The molecule has 0 radical (unpaired) electrons. The van der Waals surface area contributed by atoms with Crippen molar-refractivity contribution in [3.8, 4) is 0 Å². The third-order valence-electron chi connectivity index (χ3n) is 3.04. The molecule has 0 aliphatic rings. The largest absolute Gasteiger partial charge is 0.330 e. The molecule has 90 valence electrons. The SMILES string of the molecule is Cc1ccc(C)c(CNCCC(C)CN)c1. The summed E-state index contributed by atoms with van der Waals surface area (Å²) in [5, 5.41) is 3.48. The van der Waals surface area contributed by atoms with E-state index in [0.717, 1.165) is 26.1 Å². The Morgan fingerprint density at radius 1 is 1.31 bits per heavy atom. The molecule has 0 aromatic heterocycles. The molecule has 0 saturated heterocycles. The van der Waals surface area contributed by atoms with E-state index in [1.165, 1.54) is 16.7 Å². The first-order valence-electron chi connectivity index (χ1n) is 6.10. The summed E-state index contributed by atoms with van der Waals surface area (Å²) in [6.07, 6.45) is 1.15. The van der Waals surface area contributed by atoms with Gasteiger partial charge in [-0.25, -0.2) is 0 Å². The highest BCUT2D eigenvalue weighted by molar-refractivity contribution is 5.30. The summed E-state index contributed by atoms with van der Waals surface area (Å²) in [6.45, 7) is 9.29. The van der Waals surface area contributed by atoms with Crippen LogP contribution in [0.4, 0.5) is 0 Å². The summed E-state index contributed by atoms with van der Waals surface area (Å²) < 4.78 is 0. The fraction of sp³-hybridized carbons (Fsp3) is 0.571. The monoisotopic (exact) mass is 220 g/mol. The van der Waals surface area contributed by atoms with Crippen LogP contribution < -0.4 is 11.1 Å². The predicted octanol–water partition coefficient (Wildman–Crippen LogP) is 2.38. The summed E-state index contributed by atoms with van der Waals surface area (Å²) in [7, 11) is 0. The highest BCUT2D eigenvalue weighted by Gasteiger charge is 2.00. The Balaban J connectivity index is 2.34. The highest BCUT2D eigenvalue weighted by atomic mass is 14.8. The van der Waals surface area contributed by atoms with Gasteiger partial charge in [0.2, 0.25) is 0 Å². The number of hydrogen-bond acceptors (Lipinski definition) is 2. The molecule has 0 aliphatic carbocycles. The zero-order chi connectivity index (χ0) is 12.0. The predicted molar refractivity (Wildman–Crippen MR) is 70.5 cm³/mol. The van der Waals surface area contributed by atoms with Gasteiger partial charge in [0.15, 0.2) is 0 Å². The number of nitrogens with one attached hydrogen (secondary N) is 1. The topological polar surface area (TPSA) is 38.0 Å². The van der Waals surface area contributed by atoms with Gasteiger partial charge in [0.05, 0.1) is 0 Å². The van der Waals surface area contributed by atoms with E-state index in [1.54, 1.807) is 0 Å². The lowest BCUT2D eigenvalue weighted by molar-refractivity contribution is 0.509. The van der Waals surface area contributed by atoms with Gasteiger partial charge in [0.1, 0.15) is 0 Å². The van der Waals surface area contributed by atoms with Crippen molar-refractivity contribution < 1.29 is 0 Å². The average Bonchev–Trinajstić information content (AvgIpc) is 2.28. The Morgan fingerprint density at radius 2 is 2.06 bits per heavy atom. The van der Waals surface area contributed by atoms with Crippen LogP contribution in [0.5, 0.6) is 0 Å². The van der Waals surface area contributed by atoms with Gasteiger partial charge in [0, 0.05) is 6.54 Å².